The number of oxime groups is 1. The Labute approximate surface area is 89.9 Å². The van der Waals surface area contributed by atoms with Crippen LogP contribution in [-0.2, 0) is 6.42 Å². The second-order valence-corrected chi connectivity index (χ2v) is 3.93. The molecule has 0 saturated carbocycles. The van der Waals surface area contributed by atoms with Crippen LogP contribution in [0.25, 0.3) is 6.08 Å². The Kier molecular flexibility index (Phi) is 2.86. The van der Waals surface area contributed by atoms with Gasteiger partial charge < -0.3 is 5.21 Å². The molecule has 2 heteroatoms. The van der Waals surface area contributed by atoms with Gasteiger partial charge in [0.1, 0.15) is 0 Å². The second-order valence-electron chi connectivity index (χ2n) is 3.93. The van der Waals surface area contributed by atoms with Gasteiger partial charge in [-0.3, -0.25) is 0 Å². The zero-order chi connectivity index (χ0) is 10.7. The molecule has 1 N–H and O–H groups in total. The first-order valence-electron chi connectivity index (χ1n) is 5.28. The minimum Gasteiger partial charge on any atom is -0.411 e. The van der Waals surface area contributed by atoms with Crippen molar-refractivity contribution in [1.82, 2.24) is 0 Å². The minimum absolute atomic E-state index is 0.276. The van der Waals surface area contributed by atoms with Crippen LogP contribution < -0.4 is 0 Å². The standard InChI is InChI=1S/C13H15NO/c1-2-10-6-7-13-11(8-10)4-3-5-12(13)9-14-15/h2,6-9,12,15H,1,3-5H2. The number of nitrogens with zero attached hydrogens (tertiary/aromatic N) is 1. The summed E-state index contributed by atoms with van der Waals surface area (Å²) in [5.41, 5.74) is 3.82. The lowest BCUT2D eigenvalue weighted by Crippen LogP contribution is -2.11. The van der Waals surface area contributed by atoms with Gasteiger partial charge in [-0.05, 0) is 36.0 Å². The van der Waals surface area contributed by atoms with E-state index in [1.54, 1.807) is 6.21 Å². The van der Waals surface area contributed by atoms with Crippen molar-refractivity contribution in [2.24, 2.45) is 5.16 Å². The Balaban J connectivity index is 2.40. The van der Waals surface area contributed by atoms with Gasteiger partial charge in [-0.2, -0.15) is 0 Å². The fourth-order valence-corrected chi connectivity index (χ4v) is 2.23. The summed E-state index contributed by atoms with van der Waals surface area (Å²) >= 11 is 0. The molecule has 0 fully saturated rings. The Morgan fingerprint density at radius 1 is 1.47 bits per heavy atom. The molecule has 0 saturated heterocycles. The van der Waals surface area contributed by atoms with Crippen LogP contribution in [0.1, 0.15) is 35.4 Å². The van der Waals surface area contributed by atoms with Crippen molar-refractivity contribution in [3.63, 3.8) is 0 Å². The van der Waals surface area contributed by atoms with Crippen LogP contribution in [0, 0.1) is 0 Å². The summed E-state index contributed by atoms with van der Waals surface area (Å²) in [4.78, 5) is 0. The predicted molar refractivity (Wildman–Crippen MR) is 62.5 cm³/mol. The van der Waals surface area contributed by atoms with E-state index < -0.39 is 0 Å². The van der Waals surface area contributed by atoms with Crippen LogP contribution in [0.3, 0.4) is 0 Å². The number of hydrogen-bond acceptors (Lipinski definition) is 2. The lowest BCUT2D eigenvalue weighted by molar-refractivity contribution is 0.319. The van der Waals surface area contributed by atoms with E-state index >= 15 is 0 Å². The molecule has 0 spiro atoms. The van der Waals surface area contributed by atoms with Gasteiger partial charge in [0, 0.05) is 5.92 Å². The molecule has 1 aliphatic carbocycles. The van der Waals surface area contributed by atoms with Crippen LogP contribution in [0.2, 0.25) is 0 Å². The molecule has 1 aromatic rings. The topological polar surface area (TPSA) is 32.6 Å². The van der Waals surface area contributed by atoms with Crippen LogP contribution in [-0.4, -0.2) is 11.4 Å². The molecule has 0 radical (unpaired) electrons. The van der Waals surface area contributed by atoms with E-state index in [0.717, 1.165) is 24.8 Å². The summed E-state index contributed by atoms with van der Waals surface area (Å²) in [6.45, 7) is 3.77. The normalized spacial score (nSPS) is 20.1. The fourth-order valence-electron chi connectivity index (χ4n) is 2.23. The highest BCUT2D eigenvalue weighted by Gasteiger charge is 2.18. The quantitative estimate of drug-likeness (QED) is 0.445. The maximum Gasteiger partial charge on any atom is 0.0510 e. The maximum absolute atomic E-state index is 8.60. The largest absolute Gasteiger partial charge is 0.411 e. The van der Waals surface area contributed by atoms with Gasteiger partial charge in [-0.15, -0.1) is 5.16 Å². The third kappa shape index (κ3) is 1.94. The molecule has 2 rings (SSSR count). The first kappa shape index (κ1) is 9.97. The third-order valence-corrected chi connectivity index (χ3v) is 3.01. The molecule has 0 amide bonds. The molecule has 2 nitrogen and oxygen atoms in total. The van der Waals surface area contributed by atoms with E-state index in [1.165, 1.54) is 11.1 Å². The van der Waals surface area contributed by atoms with Crippen molar-refractivity contribution in [3.05, 3.63) is 41.5 Å². The summed E-state index contributed by atoms with van der Waals surface area (Å²) in [7, 11) is 0. The molecule has 0 bridgehead atoms. The molecular weight excluding hydrogens is 186 g/mol. The Hall–Kier alpha value is -1.57. The van der Waals surface area contributed by atoms with Gasteiger partial charge in [0.2, 0.25) is 0 Å². The van der Waals surface area contributed by atoms with E-state index in [1.807, 2.05) is 6.08 Å². The van der Waals surface area contributed by atoms with Crippen molar-refractivity contribution in [1.29, 1.82) is 0 Å². The van der Waals surface area contributed by atoms with Crippen molar-refractivity contribution >= 4 is 12.3 Å². The van der Waals surface area contributed by atoms with E-state index in [0.29, 0.717) is 0 Å². The number of hydrogen-bond donors (Lipinski definition) is 1. The van der Waals surface area contributed by atoms with Gasteiger partial charge in [-0.25, -0.2) is 0 Å². The monoisotopic (exact) mass is 201 g/mol. The Morgan fingerprint density at radius 2 is 2.33 bits per heavy atom. The molecular formula is C13H15NO. The lowest BCUT2D eigenvalue weighted by Gasteiger charge is -2.22. The van der Waals surface area contributed by atoms with E-state index in [4.69, 9.17) is 5.21 Å². The van der Waals surface area contributed by atoms with Gasteiger partial charge in [-0.1, -0.05) is 30.9 Å². The molecule has 0 heterocycles. The van der Waals surface area contributed by atoms with E-state index in [9.17, 15) is 0 Å². The lowest BCUT2D eigenvalue weighted by atomic mass is 9.83. The number of benzene rings is 1. The van der Waals surface area contributed by atoms with E-state index in [2.05, 4.69) is 29.9 Å². The summed E-state index contributed by atoms with van der Waals surface area (Å²) in [5, 5.41) is 11.8. The molecule has 15 heavy (non-hydrogen) atoms. The predicted octanol–water partition coefficient (Wildman–Crippen LogP) is 3.21. The second kappa shape index (κ2) is 4.30. The highest BCUT2D eigenvalue weighted by atomic mass is 16.4. The molecule has 1 aliphatic rings. The SMILES string of the molecule is C=Cc1ccc2c(c1)CCCC2C=NO. The van der Waals surface area contributed by atoms with Crippen LogP contribution >= 0.6 is 0 Å². The zero-order valence-electron chi connectivity index (χ0n) is 8.69. The van der Waals surface area contributed by atoms with Crippen molar-refractivity contribution in [2.45, 2.75) is 25.2 Å². The number of rotatable bonds is 2. The van der Waals surface area contributed by atoms with Crippen molar-refractivity contribution in [3.8, 4) is 0 Å². The molecule has 1 aromatic carbocycles. The minimum atomic E-state index is 0.276. The third-order valence-electron chi connectivity index (χ3n) is 3.01. The van der Waals surface area contributed by atoms with Gasteiger partial charge in [0.25, 0.3) is 0 Å². The number of fused-ring (bicyclic) bond motifs is 1. The van der Waals surface area contributed by atoms with Gasteiger partial charge >= 0.3 is 0 Å². The van der Waals surface area contributed by atoms with Crippen LogP contribution in [0.5, 0.6) is 0 Å². The first-order valence-corrected chi connectivity index (χ1v) is 5.28. The molecule has 0 aromatic heterocycles. The fraction of sp³-hybridized carbons (Fsp3) is 0.308. The molecule has 78 valence electrons. The van der Waals surface area contributed by atoms with E-state index in [-0.39, 0.29) is 5.92 Å². The van der Waals surface area contributed by atoms with Crippen LogP contribution in [0.4, 0.5) is 0 Å². The summed E-state index contributed by atoms with van der Waals surface area (Å²) in [5.74, 6) is 0.276. The average molecular weight is 201 g/mol. The Morgan fingerprint density at radius 3 is 3.07 bits per heavy atom. The highest BCUT2D eigenvalue weighted by Crippen LogP contribution is 2.31. The smallest absolute Gasteiger partial charge is 0.0510 e. The molecule has 1 unspecified atom stereocenters. The van der Waals surface area contributed by atoms with Gasteiger partial charge in [0.15, 0.2) is 0 Å². The van der Waals surface area contributed by atoms with Crippen LogP contribution in [0.15, 0.2) is 29.9 Å². The molecule has 0 aliphatic heterocycles. The highest BCUT2D eigenvalue weighted by molar-refractivity contribution is 5.69. The van der Waals surface area contributed by atoms with Crippen molar-refractivity contribution < 1.29 is 5.21 Å². The zero-order valence-corrected chi connectivity index (χ0v) is 8.69. The number of aryl methyl sites for hydroxylation is 1. The maximum atomic E-state index is 8.60. The summed E-state index contributed by atoms with van der Waals surface area (Å²) in [6, 6.07) is 6.37. The molecule has 1 atom stereocenters. The average Bonchev–Trinajstić information content (AvgIpc) is 2.29. The summed E-state index contributed by atoms with van der Waals surface area (Å²) in [6.07, 6.45) is 6.84. The summed E-state index contributed by atoms with van der Waals surface area (Å²) < 4.78 is 0. The van der Waals surface area contributed by atoms with Crippen molar-refractivity contribution in [2.75, 3.05) is 0 Å². The first-order chi connectivity index (χ1) is 7.35. The van der Waals surface area contributed by atoms with Gasteiger partial charge in [0.05, 0.1) is 6.21 Å². The Bertz CT molecular complexity index is 396.